The van der Waals surface area contributed by atoms with Crippen LogP contribution in [0.15, 0.2) is 42.0 Å². The number of benzene rings is 1. The molecule has 1 aromatic carbocycles. The third-order valence-corrected chi connectivity index (χ3v) is 1.91. The monoisotopic (exact) mass is 155 g/mol. The zero-order valence-corrected chi connectivity index (χ0v) is 7.04. The minimum atomic E-state index is 1.18. The predicted molar refractivity (Wildman–Crippen MR) is 55.7 cm³/mol. The maximum Gasteiger partial charge on any atom is 0.160 e. The summed E-state index contributed by atoms with van der Waals surface area (Å²) in [5, 5.41) is 3.32. The number of nitrogens with one attached hydrogen (secondary N) is 1. The number of hydrogen-bond acceptors (Lipinski definition) is 1. The van der Waals surface area contributed by atoms with Crippen LogP contribution in [-0.4, -0.2) is 7.85 Å². The predicted octanol–water partition coefficient (Wildman–Crippen LogP) is 1.60. The van der Waals surface area contributed by atoms with Crippen LogP contribution in [0.1, 0.15) is 5.56 Å². The molecule has 0 bridgehead atoms. The quantitative estimate of drug-likeness (QED) is 0.561. The van der Waals surface area contributed by atoms with Crippen LogP contribution in [-0.2, 0) is 0 Å². The van der Waals surface area contributed by atoms with Crippen LogP contribution in [0.5, 0.6) is 0 Å². The molecule has 0 unspecified atom stereocenters. The molecular formula is C10H10BN. The van der Waals surface area contributed by atoms with Crippen molar-refractivity contribution in [1.82, 2.24) is 0 Å². The average Bonchev–Trinajstić information content (AvgIpc) is 2.25. The molecule has 0 saturated heterocycles. The molecular weight excluding hydrogens is 145 g/mol. The third-order valence-electron chi connectivity index (χ3n) is 1.91. The Balaban J connectivity index is 2.49. The Morgan fingerprint density at radius 1 is 1.17 bits per heavy atom. The lowest BCUT2D eigenvalue weighted by atomic mass is 10.0. The summed E-state index contributed by atoms with van der Waals surface area (Å²) in [4.78, 5) is 0. The molecule has 1 nitrogen and oxygen atoms in total. The molecule has 0 spiro atoms. The van der Waals surface area contributed by atoms with E-state index in [0.717, 1.165) is 0 Å². The Bertz CT molecular complexity index is 353. The van der Waals surface area contributed by atoms with E-state index in [4.69, 9.17) is 0 Å². The molecule has 58 valence electrons. The van der Waals surface area contributed by atoms with Crippen molar-refractivity contribution in [3.05, 3.63) is 47.6 Å². The molecule has 0 aromatic heterocycles. The van der Waals surface area contributed by atoms with Crippen LogP contribution < -0.4 is 5.32 Å². The van der Waals surface area contributed by atoms with Crippen LogP contribution in [0.2, 0.25) is 0 Å². The van der Waals surface area contributed by atoms with E-state index in [1.165, 1.54) is 16.8 Å². The Hall–Kier alpha value is -1.44. The van der Waals surface area contributed by atoms with Crippen molar-refractivity contribution in [2.24, 2.45) is 0 Å². The zero-order valence-electron chi connectivity index (χ0n) is 7.04. The molecule has 1 heterocycles. The fourth-order valence-electron chi connectivity index (χ4n) is 1.31. The maximum atomic E-state index is 3.32. The van der Waals surface area contributed by atoms with Gasteiger partial charge in [-0.1, -0.05) is 36.4 Å². The minimum absolute atomic E-state index is 1.18. The van der Waals surface area contributed by atoms with Gasteiger partial charge in [0.05, 0.1) is 0 Å². The lowest BCUT2D eigenvalue weighted by Gasteiger charge is -2.06. The fourth-order valence-corrected chi connectivity index (χ4v) is 1.31. The first-order valence-corrected chi connectivity index (χ1v) is 4.07. The molecule has 0 fully saturated rings. The molecule has 1 aliphatic rings. The van der Waals surface area contributed by atoms with E-state index in [1.54, 1.807) is 0 Å². The molecule has 12 heavy (non-hydrogen) atoms. The Kier molecular flexibility index (Phi) is 1.74. The Labute approximate surface area is 73.2 Å². The van der Waals surface area contributed by atoms with Crippen molar-refractivity contribution in [2.75, 3.05) is 5.32 Å². The molecule has 1 aromatic rings. The standard InChI is InChI=1S/C10H10BN/c11-10-7-3-5-8-4-1-2-6-9(8)12-10/h1-7,12H,11H2. The van der Waals surface area contributed by atoms with E-state index in [1.807, 2.05) is 12.1 Å². The van der Waals surface area contributed by atoms with Gasteiger partial charge in [-0.05, 0) is 17.2 Å². The number of fused-ring (bicyclic) bond motifs is 1. The van der Waals surface area contributed by atoms with Crippen LogP contribution >= 0.6 is 0 Å². The highest BCUT2D eigenvalue weighted by atomic mass is 14.9. The first-order chi connectivity index (χ1) is 5.86. The molecule has 0 radical (unpaired) electrons. The van der Waals surface area contributed by atoms with E-state index < -0.39 is 0 Å². The second-order valence-corrected chi connectivity index (χ2v) is 2.92. The van der Waals surface area contributed by atoms with Gasteiger partial charge in [0.2, 0.25) is 0 Å². The van der Waals surface area contributed by atoms with Crippen LogP contribution in [0.4, 0.5) is 5.69 Å². The van der Waals surface area contributed by atoms with Gasteiger partial charge in [-0.25, -0.2) is 0 Å². The number of para-hydroxylation sites is 1. The van der Waals surface area contributed by atoms with Crippen molar-refractivity contribution in [3.63, 3.8) is 0 Å². The lowest BCUT2D eigenvalue weighted by molar-refractivity contribution is 1.54. The first-order valence-electron chi connectivity index (χ1n) is 4.07. The summed E-state index contributed by atoms with van der Waals surface area (Å²) in [6.07, 6.45) is 6.24. The average molecular weight is 155 g/mol. The molecule has 0 amide bonds. The van der Waals surface area contributed by atoms with E-state index in [9.17, 15) is 0 Å². The van der Waals surface area contributed by atoms with E-state index in [2.05, 4.69) is 43.5 Å². The smallest absolute Gasteiger partial charge is 0.160 e. The molecule has 2 rings (SSSR count). The summed E-state index contributed by atoms with van der Waals surface area (Å²) in [5.41, 5.74) is 3.60. The second kappa shape index (κ2) is 2.90. The van der Waals surface area contributed by atoms with Crippen LogP contribution in [0.25, 0.3) is 6.08 Å². The van der Waals surface area contributed by atoms with Gasteiger partial charge in [0, 0.05) is 5.69 Å². The molecule has 1 aliphatic heterocycles. The number of rotatable bonds is 0. The van der Waals surface area contributed by atoms with Crippen LogP contribution in [0, 0.1) is 0 Å². The molecule has 0 saturated carbocycles. The number of allylic oxidation sites excluding steroid dienone is 2. The molecule has 1 N–H and O–H groups in total. The summed E-state index contributed by atoms with van der Waals surface area (Å²) < 4.78 is 0. The van der Waals surface area contributed by atoms with E-state index >= 15 is 0 Å². The highest BCUT2D eigenvalue weighted by molar-refractivity contribution is 6.23. The zero-order chi connectivity index (χ0) is 8.39. The Morgan fingerprint density at radius 3 is 2.92 bits per heavy atom. The van der Waals surface area contributed by atoms with Gasteiger partial charge in [0.25, 0.3) is 0 Å². The minimum Gasteiger partial charge on any atom is -0.368 e. The summed E-state index contributed by atoms with van der Waals surface area (Å²) in [5.74, 6) is 0. The van der Waals surface area contributed by atoms with Crippen molar-refractivity contribution in [2.45, 2.75) is 0 Å². The van der Waals surface area contributed by atoms with Gasteiger partial charge < -0.3 is 5.32 Å². The number of hydrogen-bond donors (Lipinski definition) is 1. The van der Waals surface area contributed by atoms with Crippen molar-refractivity contribution in [3.8, 4) is 0 Å². The topological polar surface area (TPSA) is 12.0 Å². The van der Waals surface area contributed by atoms with Crippen molar-refractivity contribution >= 4 is 19.6 Å². The maximum absolute atomic E-state index is 3.32. The lowest BCUT2D eigenvalue weighted by Crippen LogP contribution is -1.98. The largest absolute Gasteiger partial charge is 0.368 e. The summed E-state index contributed by atoms with van der Waals surface area (Å²) in [6.45, 7) is 0. The Morgan fingerprint density at radius 2 is 2.00 bits per heavy atom. The SMILES string of the molecule is BC1=CC=Cc2ccccc2N1. The van der Waals surface area contributed by atoms with Gasteiger partial charge in [0.15, 0.2) is 7.85 Å². The summed E-state index contributed by atoms with van der Waals surface area (Å²) in [7, 11) is 2.06. The fraction of sp³-hybridized carbons (Fsp3) is 0. The summed E-state index contributed by atoms with van der Waals surface area (Å²) >= 11 is 0. The van der Waals surface area contributed by atoms with Gasteiger partial charge >= 0.3 is 0 Å². The summed E-state index contributed by atoms with van der Waals surface area (Å²) in [6, 6.07) is 8.28. The molecule has 0 aliphatic carbocycles. The highest BCUT2D eigenvalue weighted by Gasteiger charge is 1.99. The van der Waals surface area contributed by atoms with Crippen molar-refractivity contribution in [1.29, 1.82) is 0 Å². The first kappa shape index (κ1) is 7.23. The van der Waals surface area contributed by atoms with Crippen molar-refractivity contribution < 1.29 is 0 Å². The highest BCUT2D eigenvalue weighted by Crippen LogP contribution is 2.19. The van der Waals surface area contributed by atoms with Gasteiger partial charge in [-0.15, -0.1) is 0 Å². The molecule has 0 atom stereocenters. The normalized spacial score (nSPS) is 14.2. The number of anilines is 1. The second-order valence-electron chi connectivity index (χ2n) is 2.92. The van der Waals surface area contributed by atoms with Gasteiger partial charge in [0.1, 0.15) is 0 Å². The third kappa shape index (κ3) is 1.28. The van der Waals surface area contributed by atoms with Gasteiger partial charge in [-0.3, -0.25) is 0 Å². The van der Waals surface area contributed by atoms with Crippen LogP contribution in [0.3, 0.4) is 0 Å². The van der Waals surface area contributed by atoms with E-state index in [-0.39, 0.29) is 0 Å². The van der Waals surface area contributed by atoms with E-state index in [0.29, 0.717) is 0 Å². The van der Waals surface area contributed by atoms with Gasteiger partial charge in [-0.2, -0.15) is 0 Å². The molecule has 2 heteroatoms.